The van der Waals surface area contributed by atoms with Gasteiger partial charge in [0.25, 0.3) is 0 Å². The Bertz CT molecular complexity index is 541. The third kappa shape index (κ3) is 2.86. The highest BCUT2D eigenvalue weighted by Gasteiger charge is 2.09. The highest BCUT2D eigenvalue weighted by atomic mass is 35.5. The first-order valence-electron chi connectivity index (χ1n) is 5.59. The molecule has 1 N–H and O–H groups in total. The van der Waals surface area contributed by atoms with Crippen LogP contribution in [-0.4, -0.2) is 14.8 Å². The first-order chi connectivity index (χ1) is 8.58. The van der Waals surface area contributed by atoms with Crippen molar-refractivity contribution < 1.29 is 4.39 Å². The Hall–Kier alpha value is -1.46. The molecular weight excluding hydrogens is 255 g/mol. The predicted molar refractivity (Wildman–Crippen MR) is 67.7 cm³/mol. The van der Waals surface area contributed by atoms with Crippen LogP contribution in [0, 0.1) is 5.82 Å². The molecule has 1 unspecified atom stereocenters. The van der Waals surface area contributed by atoms with E-state index in [1.165, 1.54) is 6.07 Å². The van der Waals surface area contributed by atoms with Crippen LogP contribution in [0.2, 0.25) is 5.02 Å². The van der Waals surface area contributed by atoms with Gasteiger partial charge in [0.15, 0.2) is 0 Å². The lowest BCUT2D eigenvalue weighted by atomic mass is 10.1. The molecule has 6 heteroatoms. The van der Waals surface area contributed by atoms with Gasteiger partial charge in [-0.25, -0.2) is 4.39 Å². The SMILES string of the molecule is CC(NCc1nncn1C)c1ccc(F)c(Cl)c1. The second-order valence-electron chi connectivity index (χ2n) is 4.13. The molecule has 0 aliphatic carbocycles. The van der Waals surface area contributed by atoms with Crippen LogP contribution >= 0.6 is 11.6 Å². The van der Waals surface area contributed by atoms with E-state index < -0.39 is 5.82 Å². The molecule has 0 saturated carbocycles. The standard InChI is InChI=1S/C12H14ClFN4/c1-8(9-3-4-11(14)10(13)5-9)15-6-12-17-16-7-18(12)2/h3-5,7-8,15H,6H2,1-2H3. The van der Waals surface area contributed by atoms with Crippen molar-refractivity contribution in [2.45, 2.75) is 19.5 Å². The minimum atomic E-state index is -0.402. The first-order valence-corrected chi connectivity index (χ1v) is 5.97. The molecule has 2 rings (SSSR count). The molecule has 0 amide bonds. The van der Waals surface area contributed by atoms with E-state index in [1.54, 1.807) is 18.5 Å². The van der Waals surface area contributed by atoms with Gasteiger partial charge in [0.2, 0.25) is 0 Å². The van der Waals surface area contributed by atoms with Crippen LogP contribution < -0.4 is 5.32 Å². The fourth-order valence-corrected chi connectivity index (χ4v) is 1.80. The van der Waals surface area contributed by atoms with Crippen LogP contribution in [-0.2, 0) is 13.6 Å². The largest absolute Gasteiger partial charge is 0.320 e. The molecule has 0 aliphatic rings. The first kappa shape index (κ1) is 13.0. The highest BCUT2D eigenvalue weighted by molar-refractivity contribution is 6.30. The van der Waals surface area contributed by atoms with Crippen molar-refractivity contribution in [3.05, 3.63) is 46.8 Å². The molecule has 0 fully saturated rings. The average Bonchev–Trinajstić information content (AvgIpc) is 2.75. The molecule has 18 heavy (non-hydrogen) atoms. The van der Waals surface area contributed by atoms with Gasteiger partial charge in [-0.3, -0.25) is 0 Å². The summed E-state index contributed by atoms with van der Waals surface area (Å²) < 4.78 is 14.9. The lowest BCUT2D eigenvalue weighted by Gasteiger charge is -2.14. The van der Waals surface area contributed by atoms with Gasteiger partial charge in [-0.2, -0.15) is 0 Å². The quantitative estimate of drug-likeness (QED) is 0.926. The lowest BCUT2D eigenvalue weighted by Crippen LogP contribution is -2.20. The number of hydrogen-bond donors (Lipinski definition) is 1. The molecule has 0 radical (unpaired) electrons. The smallest absolute Gasteiger partial charge is 0.146 e. The molecule has 0 aliphatic heterocycles. The van der Waals surface area contributed by atoms with Crippen molar-refractivity contribution in [1.29, 1.82) is 0 Å². The minimum absolute atomic E-state index is 0.0554. The van der Waals surface area contributed by atoms with Crippen LogP contribution in [0.5, 0.6) is 0 Å². The summed E-state index contributed by atoms with van der Waals surface area (Å²) in [6, 6.07) is 4.78. The Labute approximate surface area is 110 Å². The van der Waals surface area contributed by atoms with Crippen LogP contribution in [0.3, 0.4) is 0 Å². The van der Waals surface area contributed by atoms with Gasteiger partial charge in [0, 0.05) is 13.1 Å². The third-order valence-corrected chi connectivity index (χ3v) is 3.10. The number of aromatic nitrogens is 3. The maximum atomic E-state index is 13.1. The molecule has 0 bridgehead atoms. The molecule has 0 spiro atoms. The summed E-state index contributed by atoms with van der Waals surface area (Å²) >= 11 is 5.75. The van der Waals surface area contributed by atoms with Crippen LogP contribution in [0.15, 0.2) is 24.5 Å². The molecule has 1 aromatic heterocycles. The molecule has 1 heterocycles. The fraction of sp³-hybridized carbons (Fsp3) is 0.333. The topological polar surface area (TPSA) is 42.7 Å². The van der Waals surface area contributed by atoms with Crippen LogP contribution in [0.25, 0.3) is 0 Å². The Morgan fingerprint density at radius 3 is 2.89 bits per heavy atom. The van der Waals surface area contributed by atoms with E-state index in [0.29, 0.717) is 6.54 Å². The zero-order valence-electron chi connectivity index (χ0n) is 10.2. The summed E-state index contributed by atoms with van der Waals surface area (Å²) in [5.74, 6) is 0.441. The van der Waals surface area contributed by atoms with Crippen molar-refractivity contribution in [3.63, 3.8) is 0 Å². The van der Waals surface area contributed by atoms with Crippen molar-refractivity contribution in [3.8, 4) is 0 Å². The van der Waals surface area contributed by atoms with Crippen LogP contribution in [0.4, 0.5) is 4.39 Å². The number of nitrogens with one attached hydrogen (secondary N) is 1. The lowest BCUT2D eigenvalue weighted by molar-refractivity contribution is 0.546. The summed E-state index contributed by atoms with van der Waals surface area (Å²) in [7, 11) is 1.89. The van der Waals surface area contributed by atoms with Gasteiger partial charge in [0.05, 0.1) is 11.6 Å². The van der Waals surface area contributed by atoms with E-state index in [0.717, 1.165) is 11.4 Å². The van der Waals surface area contributed by atoms with Gasteiger partial charge in [0.1, 0.15) is 18.0 Å². The maximum absolute atomic E-state index is 13.1. The number of rotatable bonds is 4. The Kier molecular flexibility index (Phi) is 3.93. The monoisotopic (exact) mass is 268 g/mol. The Balaban J connectivity index is 2.01. The third-order valence-electron chi connectivity index (χ3n) is 2.82. The van der Waals surface area contributed by atoms with E-state index in [9.17, 15) is 4.39 Å². The van der Waals surface area contributed by atoms with E-state index in [-0.39, 0.29) is 11.1 Å². The zero-order chi connectivity index (χ0) is 13.1. The van der Waals surface area contributed by atoms with Gasteiger partial charge >= 0.3 is 0 Å². The predicted octanol–water partition coefficient (Wildman–Crippen LogP) is 2.46. The Morgan fingerprint density at radius 2 is 2.28 bits per heavy atom. The van der Waals surface area contributed by atoms with E-state index in [2.05, 4.69) is 15.5 Å². The summed E-state index contributed by atoms with van der Waals surface area (Å²) in [4.78, 5) is 0. The van der Waals surface area contributed by atoms with E-state index in [1.807, 2.05) is 18.5 Å². The van der Waals surface area contributed by atoms with Gasteiger partial charge in [-0.15, -0.1) is 10.2 Å². The molecule has 1 atom stereocenters. The minimum Gasteiger partial charge on any atom is -0.320 e. The fourth-order valence-electron chi connectivity index (χ4n) is 1.61. The molecule has 1 aromatic carbocycles. The Morgan fingerprint density at radius 1 is 1.50 bits per heavy atom. The summed E-state index contributed by atoms with van der Waals surface area (Å²) in [5, 5.41) is 11.2. The molecular formula is C12H14ClFN4. The van der Waals surface area contributed by atoms with Crippen molar-refractivity contribution >= 4 is 11.6 Å². The summed E-state index contributed by atoms with van der Waals surface area (Å²) in [6.07, 6.45) is 1.65. The van der Waals surface area contributed by atoms with Crippen molar-refractivity contribution in [2.24, 2.45) is 7.05 Å². The summed E-state index contributed by atoms with van der Waals surface area (Å²) in [5.41, 5.74) is 0.934. The van der Waals surface area contributed by atoms with Crippen molar-refractivity contribution in [2.75, 3.05) is 0 Å². The number of nitrogens with zero attached hydrogens (tertiary/aromatic N) is 3. The number of aryl methyl sites for hydroxylation is 1. The van der Waals surface area contributed by atoms with Crippen LogP contribution in [0.1, 0.15) is 24.4 Å². The number of halogens is 2. The molecule has 0 saturated heterocycles. The van der Waals surface area contributed by atoms with Crippen molar-refractivity contribution in [1.82, 2.24) is 20.1 Å². The number of benzene rings is 1. The molecule has 2 aromatic rings. The highest BCUT2D eigenvalue weighted by Crippen LogP contribution is 2.20. The normalized spacial score (nSPS) is 12.7. The van der Waals surface area contributed by atoms with Gasteiger partial charge in [-0.05, 0) is 24.6 Å². The second kappa shape index (κ2) is 5.46. The number of hydrogen-bond acceptors (Lipinski definition) is 3. The second-order valence-corrected chi connectivity index (χ2v) is 4.54. The summed E-state index contributed by atoms with van der Waals surface area (Å²) in [6.45, 7) is 2.58. The van der Waals surface area contributed by atoms with Gasteiger partial charge < -0.3 is 9.88 Å². The average molecular weight is 269 g/mol. The van der Waals surface area contributed by atoms with E-state index in [4.69, 9.17) is 11.6 Å². The molecule has 4 nitrogen and oxygen atoms in total. The van der Waals surface area contributed by atoms with Gasteiger partial charge in [-0.1, -0.05) is 17.7 Å². The maximum Gasteiger partial charge on any atom is 0.146 e. The zero-order valence-corrected chi connectivity index (χ0v) is 10.9. The molecule has 96 valence electrons. The van der Waals surface area contributed by atoms with E-state index >= 15 is 0 Å².